The molecule has 5 heteroatoms. The minimum absolute atomic E-state index is 0.0508. The Bertz CT molecular complexity index is 808. The second kappa shape index (κ2) is 7.33. The van der Waals surface area contributed by atoms with E-state index in [9.17, 15) is 10.1 Å². The van der Waals surface area contributed by atoms with Crippen molar-refractivity contribution in [1.82, 2.24) is 5.32 Å². The second-order valence-corrected chi connectivity index (χ2v) is 5.80. The molecule has 3 rings (SSSR count). The highest BCUT2D eigenvalue weighted by atomic mass is 16.5. The van der Waals surface area contributed by atoms with Crippen molar-refractivity contribution < 1.29 is 13.9 Å². The maximum atomic E-state index is 12.3. The van der Waals surface area contributed by atoms with Gasteiger partial charge in [-0.25, -0.2) is 0 Å². The molecule has 1 aliphatic rings. The number of nitrogens with zero attached hydrogens (tertiary/aromatic N) is 1. The SMILES string of the molecule is CCc1oc2ccccc2c1/C=C(\C#N)C(=O)NCC1CCCO1. The number of benzene rings is 1. The number of para-hydroxylation sites is 1. The Morgan fingerprint density at radius 1 is 1.46 bits per heavy atom. The Hall–Kier alpha value is -2.58. The number of carbonyl (C=O) groups excluding carboxylic acids is 1. The van der Waals surface area contributed by atoms with E-state index in [1.54, 1.807) is 6.08 Å². The largest absolute Gasteiger partial charge is 0.460 e. The summed E-state index contributed by atoms with van der Waals surface area (Å²) in [6.45, 7) is 3.16. The molecule has 24 heavy (non-hydrogen) atoms. The molecule has 1 amide bonds. The van der Waals surface area contributed by atoms with Crippen LogP contribution in [0.4, 0.5) is 0 Å². The minimum Gasteiger partial charge on any atom is -0.460 e. The van der Waals surface area contributed by atoms with Gasteiger partial charge in [0.25, 0.3) is 5.91 Å². The van der Waals surface area contributed by atoms with Crippen molar-refractivity contribution in [3.63, 3.8) is 0 Å². The number of furan rings is 1. The normalized spacial score (nSPS) is 17.8. The number of nitriles is 1. The van der Waals surface area contributed by atoms with Gasteiger partial charge in [-0.2, -0.15) is 5.26 Å². The van der Waals surface area contributed by atoms with Crippen molar-refractivity contribution >= 4 is 23.0 Å². The number of nitrogens with one attached hydrogen (secondary N) is 1. The third-order valence-corrected chi connectivity index (χ3v) is 4.20. The minimum atomic E-state index is -0.375. The van der Waals surface area contributed by atoms with Gasteiger partial charge in [0.05, 0.1) is 6.10 Å². The third kappa shape index (κ3) is 3.34. The number of ether oxygens (including phenoxy) is 1. The van der Waals surface area contributed by atoms with E-state index >= 15 is 0 Å². The van der Waals surface area contributed by atoms with E-state index in [2.05, 4.69) is 5.32 Å². The van der Waals surface area contributed by atoms with E-state index in [1.807, 2.05) is 37.3 Å². The van der Waals surface area contributed by atoms with Crippen LogP contribution in [0.25, 0.3) is 17.0 Å². The van der Waals surface area contributed by atoms with Gasteiger partial charge in [0.15, 0.2) is 0 Å². The summed E-state index contributed by atoms with van der Waals surface area (Å²) in [6, 6.07) is 9.63. The van der Waals surface area contributed by atoms with Crippen LogP contribution < -0.4 is 5.32 Å². The van der Waals surface area contributed by atoms with Gasteiger partial charge >= 0.3 is 0 Å². The van der Waals surface area contributed by atoms with E-state index in [4.69, 9.17) is 9.15 Å². The first kappa shape index (κ1) is 16.3. The monoisotopic (exact) mass is 324 g/mol. The highest BCUT2D eigenvalue weighted by Gasteiger charge is 2.19. The summed E-state index contributed by atoms with van der Waals surface area (Å²) in [5.41, 5.74) is 1.64. The standard InChI is InChI=1S/C19H20N2O3/c1-2-17-16(15-7-3-4-8-18(15)24-17)10-13(11-20)19(22)21-12-14-6-5-9-23-14/h3-4,7-8,10,14H,2,5-6,9,12H2,1H3,(H,21,22)/b13-10+. The van der Waals surface area contributed by atoms with Crippen molar-refractivity contribution in [2.75, 3.05) is 13.2 Å². The molecule has 1 fully saturated rings. The lowest BCUT2D eigenvalue weighted by Crippen LogP contribution is -2.32. The fraction of sp³-hybridized carbons (Fsp3) is 0.368. The first-order valence-electron chi connectivity index (χ1n) is 8.25. The molecule has 0 spiro atoms. The highest BCUT2D eigenvalue weighted by molar-refractivity contribution is 6.04. The predicted octanol–water partition coefficient (Wildman–Crippen LogP) is 3.20. The third-order valence-electron chi connectivity index (χ3n) is 4.20. The molecule has 1 aliphatic heterocycles. The van der Waals surface area contributed by atoms with Crippen molar-refractivity contribution in [2.45, 2.75) is 32.3 Å². The average Bonchev–Trinajstić information content (AvgIpc) is 3.25. The van der Waals surface area contributed by atoms with Gasteiger partial charge in [-0.1, -0.05) is 25.1 Å². The Balaban J connectivity index is 1.84. The van der Waals surface area contributed by atoms with E-state index in [1.165, 1.54) is 0 Å². The summed E-state index contributed by atoms with van der Waals surface area (Å²) < 4.78 is 11.3. The molecule has 5 nitrogen and oxygen atoms in total. The lowest BCUT2D eigenvalue weighted by Gasteiger charge is -2.10. The Labute approximate surface area is 140 Å². The van der Waals surface area contributed by atoms with Crippen LogP contribution in [0.3, 0.4) is 0 Å². The molecule has 2 heterocycles. The van der Waals surface area contributed by atoms with Gasteiger partial charge in [-0.15, -0.1) is 0 Å². The van der Waals surface area contributed by atoms with Gasteiger partial charge < -0.3 is 14.5 Å². The number of carbonyl (C=O) groups is 1. The number of amides is 1. The Morgan fingerprint density at radius 3 is 3.00 bits per heavy atom. The topological polar surface area (TPSA) is 75.3 Å². The predicted molar refractivity (Wildman–Crippen MR) is 91.2 cm³/mol. The van der Waals surface area contributed by atoms with Gasteiger partial charge in [0.1, 0.15) is 23.0 Å². The summed E-state index contributed by atoms with van der Waals surface area (Å²) >= 11 is 0. The maximum absolute atomic E-state index is 12.3. The Morgan fingerprint density at radius 2 is 2.29 bits per heavy atom. The zero-order chi connectivity index (χ0) is 16.9. The van der Waals surface area contributed by atoms with Gasteiger partial charge in [-0.3, -0.25) is 4.79 Å². The van der Waals surface area contributed by atoms with Gasteiger partial charge in [-0.05, 0) is 25.0 Å². The zero-order valence-corrected chi connectivity index (χ0v) is 13.7. The smallest absolute Gasteiger partial charge is 0.262 e. The summed E-state index contributed by atoms with van der Waals surface area (Å²) in [6.07, 6.45) is 4.32. The van der Waals surface area contributed by atoms with Crippen LogP contribution in [0.1, 0.15) is 31.1 Å². The summed E-state index contributed by atoms with van der Waals surface area (Å²) in [4.78, 5) is 12.3. The number of fused-ring (bicyclic) bond motifs is 1. The number of hydrogen-bond acceptors (Lipinski definition) is 4. The lowest BCUT2D eigenvalue weighted by molar-refractivity contribution is -0.117. The second-order valence-electron chi connectivity index (χ2n) is 5.80. The van der Waals surface area contributed by atoms with E-state index in [-0.39, 0.29) is 17.6 Å². The molecule has 1 aromatic heterocycles. The van der Waals surface area contributed by atoms with Crippen molar-refractivity contribution in [1.29, 1.82) is 5.26 Å². The summed E-state index contributed by atoms with van der Waals surface area (Å²) in [7, 11) is 0. The van der Waals surface area contributed by atoms with Crippen LogP contribution in [0, 0.1) is 11.3 Å². The molecular formula is C19H20N2O3. The molecule has 0 bridgehead atoms. The summed E-state index contributed by atoms with van der Waals surface area (Å²) in [5.74, 6) is 0.399. The molecular weight excluding hydrogens is 304 g/mol. The van der Waals surface area contributed by atoms with E-state index < -0.39 is 0 Å². The van der Waals surface area contributed by atoms with E-state index in [0.717, 1.165) is 41.7 Å². The van der Waals surface area contributed by atoms with Crippen LogP contribution in [0.15, 0.2) is 34.3 Å². The van der Waals surface area contributed by atoms with Crippen LogP contribution in [0.2, 0.25) is 0 Å². The lowest BCUT2D eigenvalue weighted by atomic mass is 10.1. The molecule has 1 atom stereocenters. The Kier molecular flexibility index (Phi) is 4.97. The van der Waals surface area contributed by atoms with Gasteiger partial charge in [0.2, 0.25) is 0 Å². The fourth-order valence-electron chi connectivity index (χ4n) is 2.94. The van der Waals surface area contributed by atoms with Crippen molar-refractivity contribution in [3.05, 3.63) is 41.2 Å². The number of hydrogen-bond donors (Lipinski definition) is 1. The quantitative estimate of drug-likeness (QED) is 0.677. The fourth-order valence-corrected chi connectivity index (χ4v) is 2.94. The van der Waals surface area contributed by atoms with Crippen LogP contribution in [-0.2, 0) is 16.0 Å². The maximum Gasteiger partial charge on any atom is 0.262 e. The first-order chi connectivity index (χ1) is 11.7. The van der Waals surface area contributed by atoms with Gasteiger partial charge in [0, 0.05) is 30.5 Å². The molecule has 1 saturated heterocycles. The number of rotatable bonds is 5. The van der Waals surface area contributed by atoms with Crippen molar-refractivity contribution in [2.24, 2.45) is 0 Å². The number of aryl methyl sites for hydroxylation is 1. The first-order valence-corrected chi connectivity index (χ1v) is 8.25. The molecule has 1 N–H and O–H groups in total. The molecule has 1 unspecified atom stereocenters. The molecule has 0 saturated carbocycles. The van der Waals surface area contributed by atoms with Crippen LogP contribution in [-0.4, -0.2) is 25.2 Å². The highest BCUT2D eigenvalue weighted by Crippen LogP contribution is 2.28. The van der Waals surface area contributed by atoms with Crippen LogP contribution in [0.5, 0.6) is 0 Å². The average molecular weight is 324 g/mol. The van der Waals surface area contributed by atoms with E-state index in [0.29, 0.717) is 13.0 Å². The molecule has 1 aromatic carbocycles. The zero-order valence-electron chi connectivity index (χ0n) is 13.7. The molecule has 0 aliphatic carbocycles. The molecule has 124 valence electrons. The molecule has 0 radical (unpaired) electrons. The summed E-state index contributed by atoms with van der Waals surface area (Å²) in [5, 5.41) is 13.1. The molecule has 2 aromatic rings. The van der Waals surface area contributed by atoms with Crippen molar-refractivity contribution in [3.8, 4) is 6.07 Å². The van der Waals surface area contributed by atoms with Crippen LogP contribution >= 0.6 is 0 Å².